The fourth-order valence-corrected chi connectivity index (χ4v) is 2.50. The summed E-state index contributed by atoms with van der Waals surface area (Å²) in [6.45, 7) is 6.75. The van der Waals surface area contributed by atoms with Gasteiger partial charge in [0.2, 0.25) is 0 Å². The third kappa shape index (κ3) is 7.92. The van der Waals surface area contributed by atoms with E-state index in [2.05, 4.69) is 27.8 Å². The van der Waals surface area contributed by atoms with Gasteiger partial charge < -0.3 is 21.1 Å². The van der Waals surface area contributed by atoms with Gasteiger partial charge in [-0.3, -0.25) is 4.99 Å². The summed E-state index contributed by atoms with van der Waals surface area (Å²) < 4.78 is 5.32. The number of rotatable bonds is 7. The Hall–Kier alpha value is -2.24. The number of carbonyl (C=O) groups excluding carboxylic acids is 1. The van der Waals surface area contributed by atoms with Crippen LogP contribution < -0.4 is 16.4 Å². The number of guanidine groups is 1. The molecule has 0 aliphatic heterocycles. The van der Waals surface area contributed by atoms with Gasteiger partial charge in [0.25, 0.3) is 0 Å². The zero-order chi connectivity index (χ0) is 18.3. The van der Waals surface area contributed by atoms with Crippen LogP contribution in [-0.4, -0.2) is 36.8 Å². The van der Waals surface area contributed by atoms with Crippen LogP contribution in [0.25, 0.3) is 0 Å². The fraction of sp³-hybridized carbons (Fsp3) is 0.579. The first kappa shape index (κ1) is 19.1. The summed E-state index contributed by atoms with van der Waals surface area (Å²) in [4.78, 5) is 16.3. The number of amides is 1. The largest absolute Gasteiger partial charge is 0.444 e. The zero-order valence-corrected chi connectivity index (χ0v) is 15.4. The molecule has 0 radical (unpaired) electrons. The second-order valence-corrected chi connectivity index (χ2v) is 7.48. The minimum atomic E-state index is -0.501. The number of ether oxygens (including phenoxy) is 1. The summed E-state index contributed by atoms with van der Waals surface area (Å²) in [6, 6.07) is 10.2. The second kappa shape index (κ2) is 8.74. The van der Waals surface area contributed by atoms with Crippen LogP contribution in [0.5, 0.6) is 0 Å². The minimum Gasteiger partial charge on any atom is -0.444 e. The zero-order valence-electron chi connectivity index (χ0n) is 15.4. The number of benzene rings is 1. The molecule has 1 unspecified atom stereocenters. The van der Waals surface area contributed by atoms with E-state index in [1.807, 2.05) is 39.0 Å². The molecular formula is C19H30N4O2. The molecule has 4 N–H and O–H groups in total. The molecule has 1 fully saturated rings. The highest BCUT2D eigenvalue weighted by molar-refractivity contribution is 5.77. The van der Waals surface area contributed by atoms with Crippen LogP contribution in [0.4, 0.5) is 4.79 Å². The standard InChI is InChI=1S/C19H30N4O2/c1-19(2,3)25-18(24)23-16(15-9-10-15)13-22-17(20)21-12-11-14-7-5-4-6-8-14/h4-8,15-16H,9-13H2,1-3H3,(H,23,24)(H3,20,21,22). The summed E-state index contributed by atoms with van der Waals surface area (Å²) in [7, 11) is 0. The predicted molar refractivity (Wildman–Crippen MR) is 101 cm³/mol. The molecule has 0 bridgehead atoms. The molecule has 1 saturated carbocycles. The Morgan fingerprint density at radius 2 is 2.00 bits per heavy atom. The van der Waals surface area contributed by atoms with E-state index in [0.29, 0.717) is 18.4 Å². The van der Waals surface area contributed by atoms with Gasteiger partial charge >= 0.3 is 6.09 Å². The Kier molecular flexibility index (Phi) is 6.67. The third-order valence-corrected chi connectivity index (χ3v) is 3.91. The molecule has 1 atom stereocenters. The first-order chi connectivity index (χ1) is 11.8. The summed E-state index contributed by atoms with van der Waals surface area (Å²) in [5, 5.41) is 6.04. The summed E-state index contributed by atoms with van der Waals surface area (Å²) >= 11 is 0. The maximum atomic E-state index is 11.9. The minimum absolute atomic E-state index is 0.0238. The molecule has 2 rings (SSSR count). The van der Waals surface area contributed by atoms with Gasteiger partial charge in [-0.1, -0.05) is 30.3 Å². The van der Waals surface area contributed by atoms with Crippen LogP contribution in [0, 0.1) is 5.92 Å². The maximum Gasteiger partial charge on any atom is 0.407 e. The Morgan fingerprint density at radius 1 is 1.32 bits per heavy atom. The average Bonchev–Trinajstić information content (AvgIpc) is 3.35. The second-order valence-electron chi connectivity index (χ2n) is 7.48. The normalized spacial score (nSPS) is 16.2. The predicted octanol–water partition coefficient (Wildman–Crippen LogP) is 2.44. The van der Waals surface area contributed by atoms with Crippen molar-refractivity contribution in [3.05, 3.63) is 35.9 Å². The van der Waals surface area contributed by atoms with Crippen LogP contribution in [0.3, 0.4) is 0 Å². The van der Waals surface area contributed by atoms with Gasteiger partial charge in [0.15, 0.2) is 5.96 Å². The van der Waals surface area contributed by atoms with Crippen molar-refractivity contribution in [1.82, 2.24) is 10.6 Å². The van der Waals surface area contributed by atoms with Gasteiger partial charge in [0.1, 0.15) is 5.60 Å². The van der Waals surface area contributed by atoms with Crippen molar-refractivity contribution in [2.24, 2.45) is 16.6 Å². The Balaban J connectivity index is 1.75. The highest BCUT2D eigenvalue weighted by Gasteiger charge is 2.33. The number of nitrogens with zero attached hydrogens (tertiary/aromatic N) is 1. The summed E-state index contributed by atoms with van der Waals surface area (Å²) in [6.07, 6.45) is 2.71. The molecule has 1 aromatic carbocycles. The summed E-state index contributed by atoms with van der Waals surface area (Å²) in [5.41, 5.74) is 6.69. The Labute approximate surface area is 150 Å². The van der Waals surface area contributed by atoms with E-state index in [1.54, 1.807) is 0 Å². The van der Waals surface area contributed by atoms with Crippen LogP contribution in [0.15, 0.2) is 35.3 Å². The van der Waals surface area contributed by atoms with Crippen molar-refractivity contribution >= 4 is 12.1 Å². The molecule has 0 saturated heterocycles. The molecule has 0 aromatic heterocycles. The van der Waals surface area contributed by atoms with Crippen molar-refractivity contribution in [2.75, 3.05) is 13.1 Å². The number of hydrogen-bond donors (Lipinski definition) is 3. The molecule has 25 heavy (non-hydrogen) atoms. The molecule has 1 amide bonds. The Bertz CT molecular complexity index is 577. The van der Waals surface area contributed by atoms with Crippen molar-refractivity contribution in [3.63, 3.8) is 0 Å². The lowest BCUT2D eigenvalue weighted by Gasteiger charge is -2.23. The van der Waals surface area contributed by atoms with Gasteiger partial charge in [-0.2, -0.15) is 0 Å². The first-order valence-electron chi connectivity index (χ1n) is 8.91. The molecule has 0 heterocycles. The number of carbonyl (C=O) groups is 1. The van der Waals surface area contributed by atoms with Gasteiger partial charge in [0.05, 0.1) is 12.6 Å². The number of alkyl carbamates (subject to hydrolysis) is 1. The lowest BCUT2D eigenvalue weighted by Crippen LogP contribution is -2.43. The molecule has 138 valence electrons. The molecule has 1 aliphatic rings. The number of nitrogens with two attached hydrogens (primary N) is 1. The number of nitrogens with one attached hydrogen (secondary N) is 2. The quantitative estimate of drug-likeness (QED) is 0.522. The van der Waals surface area contributed by atoms with Gasteiger partial charge in [-0.05, 0) is 51.5 Å². The van der Waals surface area contributed by atoms with Gasteiger partial charge in [-0.25, -0.2) is 4.79 Å². The SMILES string of the molecule is CC(C)(C)OC(=O)NC(CN=C(N)NCCc1ccccc1)C1CC1. The molecule has 6 heteroatoms. The molecule has 6 nitrogen and oxygen atoms in total. The highest BCUT2D eigenvalue weighted by Crippen LogP contribution is 2.32. The van der Waals surface area contributed by atoms with Crippen LogP contribution >= 0.6 is 0 Å². The van der Waals surface area contributed by atoms with E-state index >= 15 is 0 Å². The summed E-state index contributed by atoms with van der Waals surface area (Å²) in [5.74, 6) is 0.876. The van der Waals surface area contributed by atoms with Crippen LogP contribution in [-0.2, 0) is 11.2 Å². The van der Waals surface area contributed by atoms with Crippen molar-refractivity contribution in [3.8, 4) is 0 Å². The van der Waals surface area contributed by atoms with Crippen LogP contribution in [0.1, 0.15) is 39.2 Å². The van der Waals surface area contributed by atoms with Crippen molar-refractivity contribution in [2.45, 2.75) is 51.7 Å². The fourth-order valence-electron chi connectivity index (χ4n) is 2.50. The first-order valence-corrected chi connectivity index (χ1v) is 8.91. The average molecular weight is 346 g/mol. The van der Waals surface area contributed by atoms with E-state index in [4.69, 9.17) is 10.5 Å². The van der Waals surface area contributed by atoms with Gasteiger partial charge in [-0.15, -0.1) is 0 Å². The van der Waals surface area contributed by atoms with Crippen LogP contribution in [0.2, 0.25) is 0 Å². The highest BCUT2D eigenvalue weighted by atomic mass is 16.6. The van der Waals surface area contributed by atoms with Crippen molar-refractivity contribution < 1.29 is 9.53 Å². The van der Waals surface area contributed by atoms with E-state index < -0.39 is 11.7 Å². The number of aliphatic imine (C=N–C) groups is 1. The third-order valence-electron chi connectivity index (χ3n) is 3.91. The van der Waals surface area contributed by atoms with E-state index in [1.165, 1.54) is 5.56 Å². The molecule has 0 spiro atoms. The maximum absolute atomic E-state index is 11.9. The van der Waals surface area contributed by atoms with E-state index in [-0.39, 0.29) is 6.04 Å². The smallest absolute Gasteiger partial charge is 0.407 e. The molecular weight excluding hydrogens is 316 g/mol. The van der Waals surface area contributed by atoms with E-state index in [0.717, 1.165) is 25.8 Å². The van der Waals surface area contributed by atoms with E-state index in [9.17, 15) is 4.79 Å². The lowest BCUT2D eigenvalue weighted by atomic mass is 10.1. The Morgan fingerprint density at radius 3 is 2.60 bits per heavy atom. The number of hydrogen-bond acceptors (Lipinski definition) is 3. The van der Waals surface area contributed by atoms with Gasteiger partial charge in [0, 0.05) is 6.54 Å². The monoisotopic (exact) mass is 346 g/mol. The molecule has 1 aliphatic carbocycles. The lowest BCUT2D eigenvalue weighted by molar-refractivity contribution is 0.0500. The van der Waals surface area contributed by atoms with Crippen molar-refractivity contribution in [1.29, 1.82) is 0 Å². The topological polar surface area (TPSA) is 88.7 Å². The molecule has 1 aromatic rings.